The van der Waals surface area contributed by atoms with E-state index in [0.717, 1.165) is 4.47 Å². The van der Waals surface area contributed by atoms with Crippen LogP contribution in [-0.4, -0.2) is 28.5 Å². The van der Waals surface area contributed by atoms with Gasteiger partial charge < -0.3 is 10.1 Å². The first-order valence-corrected chi connectivity index (χ1v) is 7.33. The van der Waals surface area contributed by atoms with E-state index >= 15 is 0 Å². The van der Waals surface area contributed by atoms with Crippen molar-refractivity contribution in [2.24, 2.45) is 0 Å². The van der Waals surface area contributed by atoms with Gasteiger partial charge in [-0.3, -0.25) is 9.78 Å². The van der Waals surface area contributed by atoms with Gasteiger partial charge in [0.05, 0.1) is 11.9 Å². The summed E-state index contributed by atoms with van der Waals surface area (Å²) in [5, 5.41) is 2.62. The summed E-state index contributed by atoms with van der Waals surface area (Å²) in [4.78, 5) is 30.9. The van der Waals surface area contributed by atoms with Gasteiger partial charge in [0.1, 0.15) is 0 Å². The van der Waals surface area contributed by atoms with E-state index in [4.69, 9.17) is 4.74 Å². The number of nitrogens with zero attached hydrogens (tertiary/aromatic N) is 2. The van der Waals surface area contributed by atoms with Crippen molar-refractivity contribution in [2.75, 3.05) is 11.9 Å². The molecule has 1 aromatic heterocycles. The molecule has 2 rings (SSSR count). The van der Waals surface area contributed by atoms with E-state index in [1.165, 1.54) is 18.6 Å². The summed E-state index contributed by atoms with van der Waals surface area (Å²) < 4.78 is 6.44. The fourth-order valence-electron chi connectivity index (χ4n) is 1.39. The Bertz CT molecular complexity index is 665. The Hall–Kier alpha value is -1.80. The molecule has 0 radical (unpaired) electrons. The van der Waals surface area contributed by atoms with Crippen LogP contribution in [0.4, 0.5) is 5.69 Å². The molecule has 0 saturated heterocycles. The molecule has 1 aromatic carbocycles. The Kier molecular flexibility index (Phi) is 5.40. The standard InChI is InChI=1S/C13H9Br2N3O3/c14-8-1-2-10(9(15)5-8)18-12(19)7-21-13(20)11-6-16-3-4-17-11/h1-6H,7H2,(H,18,19). The average Bonchev–Trinajstić information content (AvgIpc) is 2.48. The van der Waals surface area contributed by atoms with Crippen molar-refractivity contribution in [3.63, 3.8) is 0 Å². The summed E-state index contributed by atoms with van der Waals surface area (Å²) in [5.41, 5.74) is 0.633. The van der Waals surface area contributed by atoms with Crippen LogP contribution >= 0.6 is 31.9 Å². The minimum atomic E-state index is -0.701. The minimum absolute atomic E-state index is 0.0510. The van der Waals surface area contributed by atoms with Crippen molar-refractivity contribution in [2.45, 2.75) is 0 Å². The summed E-state index contributed by atoms with van der Waals surface area (Å²) in [6.45, 7) is -0.405. The second-order valence-electron chi connectivity index (χ2n) is 3.84. The van der Waals surface area contributed by atoms with Gasteiger partial charge in [0.2, 0.25) is 0 Å². The predicted molar refractivity (Wildman–Crippen MR) is 82.8 cm³/mol. The van der Waals surface area contributed by atoms with Crippen LogP contribution in [0.2, 0.25) is 0 Å². The SMILES string of the molecule is O=C(COC(=O)c1cnccn1)Nc1ccc(Br)cc1Br. The fraction of sp³-hybridized carbons (Fsp3) is 0.0769. The number of aromatic nitrogens is 2. The number of ether oxygens (including phenoxy) is 1. The van der Waals surface area contributed by atoms with E-state index in [0.29, 0.717) is 10.2 Å². The highest BCUT2D eigenvalue weighted by Crippen LogP contribution is 2.25. The number of carbonyl (C=O) groups excluding carboxylic acids is 2. The zero-order chi connectivity index (χ0) is 15.2. The molecule has 1 heterocycles. The Morgan fingerprint density at radius 3 is 2.71 bits per heavy atom. The molecular formula is C13H9Br2N3O3. The molecule has 2 aromatic rings. The van der Waals surface area contributed by atoms with E-state index in [-0.39, 0.29) is 5.69 Å². The Morgan fingerprint density at radius 2 is 2.05 bits per heavy atom. The summed E-state index contributed by atoms with van der Waals surface area (Å²) >= 11 is 6.63. The molecule has 0 saturated carbocycles. The number of benzene rings is 1. The molecule has 0 bridgehead atoms. The van der Waals surface area contributed by atoms with Gasteiger partial charge in [-0.15, -0.1) is 0 Å². The molecule has 21 heavy (non-hydrogen) atoms. The maximum absolute atomic E-state index is 11.7. The third-order valence-corrected chi connectivity index (χ3v) is 3.46. The molecule has 0 aliphatic rings. The van der Waals surface area contributed by atoms with Crippen LogP contribution in [0.1, 0.15) is 10.5 Å². The van der Waals surface area contributed by atoms with Crippen LogP contribution in [0, 0.1) is 0 Å². The minimum Gasteiger partial charge on any atom is -0.451 e. The first kappa shape index (κ1) is 15.6. The molecule has 0 aliphatic carbocycles. The number of hydrogen-bond donors (Lipinski definition) is 1. The molecule has 0 atom stereocenters. The highest BCUT2D eigenvalue weighted by atomic mass is 79.9. The maximum atomic E-state index is 11.7. The molecule has 8 heteroatoms. The predicted octanol–water partition coefficient (Wildman–Crippen LogP) is 2.80. The number of nitrogens with one attached hydrogen (secondary N) is 1. The zero-order valence-electron chi connectivity index (χ0n) is 10.5. The van der Waals surface area contributed by atoms with Crippen LogP contribution < -0.4 is 5.32 Å². The van der Waals surface area contributed by atoms with Crippen LogP contribution in [0.5, 0.6) is 0 Å². The Labute approximate surface area is 137 Å². The van der Waals surface area contributed by atoms with Gasteiger partial charge in [0.15, 0.2) is 12.3 Å². The number of rotatable bonds is 4. The van der Waals surface area contributed by atoms with Crippen molar-refractivity contribution < 1.29 is 14.3 Å². The lowest BCUT2D eigenvalue weighted by Crippen LogP contribution is -2.21. The topological polar surface area (TPSA) is 81.2 Å². The maximum Gasteiger partial charge on any atom is 0.359 e. The second-order valence-corrected chi connectivity index (χ2v) is 5.61. The molecule has 0 unspecified atom stereocenters. The van der Waals surface area contributed by atoms with E-state index in [9.17, 15) is 9.59 Å². The number of anilines is 1. The smallest absolute Gasteiger partial charge is 0.359 e. The lowest BCUT2D eigenvalue weighted by Gasteiger charge is -2.08. The third-order valence-electron chi connectivity index (χ3n) is 2.31. The van der Waals surface area contributed by atoms with Crippen LogP contribution in [-0.2, 0) is 9.53 Å². The number of esters is 1. The average molecular weight is 415 g/mol. The van der Waals surface area contributed by atoms with E-state index < -0.39 is 18.5 Å². The summed E-state index contributed by atoms with van der Waals surface area (Å²) in [5.74, 6) is -1.15. The quantitative estimate of drug-likeness (QED) is 0.778. The summed E-state index contributed by atoms with van der Waals surface area (Å²) in [7, 11) is 0. The number of amides is 1. The molecule has 108 valence electrons. The van der Waals surface area contributed by atoms with Crippen molar-refractivity contribution in [3.05, 3.63) is 51.4 Å². The number of hydrogen-bond acceptors (Lipinski definition) is 5. The number of carbonyl (C=O) groups is 2. The van der Waals surface area contributed by atoms with Crippen LogP contribution in [0.3, 0.4) is 0 Å². The summed E-state index contributed by atoms with van der Waals surface area (Å²) in [6, 6.07) is 5.30. The van der Waals surface area contributed by atoms with Gasteiger partial charge in [0.25, 0.3) is 5.91 Å². The molecule has 0 aliphatic heterocycles. The lowest BCUT2D eigenvalue weighted by molar-refractivity contribution is -0.119. The second kappa shape index (κ2) is 7.28. The highest BCUT2D eigenvalue weighted by Gasteiger charge is 2.12. The van der Waals surface area contributed by atoms with E-state index in [2.05, 4.69) is 47.1 Å². The van der Waals surface area contributed by atoms with Gasteiger partial charge in [0, 0.05) is 21.3 Å². The van der Waals surface area contributed by atoms with E-state index in [1.54, 1.807) is 18.2 Å². The van der Waals surface area contributed by atoms with Crippen molar-refractivity contribution in [3.8, 4) is 0 Å². The van der Waals surface area contributed by atoms with Crippen molar-refractivity contribution in [1.82, 2.24) is 9.97 Å². The van der Waals surface area contributed by atoms with Gasteiger partial charge in [-0.05, 0) is 34.1 Å². The molecule has 1 amide bonds. The van der Waals surface area contributed by atoms with Crippen LogP contribution in [0.15, 0.2) is 45.7 Å². The summed E-state index contributed by atoms with van der Waals surface area (Å²) in [6.07, 6.45) is 4.08. The van der Waals surface area contributed by atoms with Gasteiger partial charge in [-0.25, -0.2) is 9.78 Å². The molecular weight excluding hydrogens is 406 g/mol. The Morgan fingerprint density at radius 1 is 1.24 bits per heavy atom. The monoisotopic (exact) mass is 413 g/mol. The zero-order valence-corrected chi connectivity index (χ0v) is 13.7. The molecule has 6 nitrogen and oxygen atoms in total. The van der Waals surface area contributed by atoms with Gasteiger partial charge >= 0.3 is 5.97 Å². The normalized spacial score (nSPS) is 10.0. The van der Waals surface area contributed by atoms with Crippen LogP contribution in [0.25, 0.3) is 0 Å². The molecule has 1 N–H and O–H groups in total. The largest absolute Gasteiger partial charge is 0.451 e. The fourth-order valence-corrected chi connectivity index (χ4v) is 2.53. The number of halogens is 2. The first-order valence-electron chi connectivity index (χ1n) is 5.74. The van der Waals surface area contributed by atoms with Crippen molar-refractivity contribution >= 4 is 49.4 Å². The molecule has 0 fully saturated rings. The lowest BCUT2D eigenvalue weighted by atomic mass is 10.3. The van der Waals surface area contributed by atoms with Crippen molar-refractivity contribution in [1.29, 1.82) is 0 Å². The van der Waals surface area contributed by atoms with E-state index in [1.807, 2.05) is 0 Å². The molecule has 0 spiro atoms. The first-order chi connectivity index (χ1) is 10.1. The third kappa shape index (κ3) is 4.61. The van der Waals surface area contributed by atoms with Gasteiger partial charge in [-0.2, -0.15) is 0 Å². The Balaban J connectivity index is 1.89. The van der Waals surface area contributed by atoms with Gasteiger partial charge in [-0.1, -0.05) is 15.9 Å². The highest BCUT2D eigenvalue weighted by molar-refractivity contribution is 9.11.